The zero-order chi connectivity index (χ0) is 13.7. The maximum Gasteiger partial charge on any atom is 0.0912 e. The molecule has 0 bridgehead atoms. The molecule has 0 spiro atoms. The second kappa shape index (κ2) is 4.61. The summed E-state index contributed by atoms with van der Waals surface area (Å²) in [6, 6.07) is 4.77. The molecule has 1 fully saturated rings. The van der Waals surface area contributed by atoms with Gasteiger partial charge in [-0.25, -0.2) is 0 Å². The summed E-state index contributed by atoms with van der Waals surface area (Å²) in [5.41, 5.74) is 5.63. The molecule has 3 nitrogen and oxygen atoms in total. The third-order valence-corrected chi connectivity index (χ3v) is 4.32. The number of benzene rings is 1. The lowest BCUT2D eigenvalue weighted by atomic mass is 10.0. The Balaban J connectivity index is 2.01. The SMILES string of the molecule is Cc1cc(Cl)c2nc3c(c(NC4CC4)c2c1)COCC3. The Bertz CT molecular complexity index is 695. The van der Waals surface area contributed by atoms with E-state index in [1.165, 1.54) is 29.7 Å². The van der Waals surface area contributed by atoms with Crippen molar-refractivity contribution in [3.8, 4) is 0 Å². The van der Waals surface area contributed by atoms with E-state index >= 15 is 0 Å². The summed E-state index contributed by atoms with van der Waals surface area (Å²) in [7, 11) is 0. The van der Waals surface area contributed by atoms with E-state index < -0.39 is 0 Å². The molecule has 1 N–H and O–H groups in total. The number of nitrogens with zero attached hydrogens (tertiary/aromatic N) is 1. The topological polar surface area (TPSA) is 34.2 Å². The highest BCUT2D eigenvalue weighted by Gasteiger charge is 2.26. The van der Waals surface area contributed by atoms with Crippen LogP contribution in [0.25, 0.3) is 10.9 Å². The average molecular weight is 289 g/mol. The number of aromatic nitrogens is 1. The third kappa shape index (κ3) is 2.05. The monoisotopic (exact) mass is 288 g/mol. The molecule has 0 radical (unpaired) electrons. The van der Waals surface area contributed by atoms with Crippen LogP contribution in [0.5, 0.6) is 0 Å². The van der Waals surface area contributed by atoms with Crippen LogP contribution in [0.15, 0.2) is 12.1 Å². The standard InChI is InChI=1S/C16H17ClN2O/c1-9-6-11-15(18-10-2-3-10)12-8-20-5-4-14(12)19-16(11)13(17)7-9/h6-7,10H,2-5,8H2,1H3,(H,18,19). The molecular weight excluding hydrogens is 272 g/mol. The van der Waals surface area contributed by atoms with E-state index in [0.29, 0.717) is 12.6 Å². The predicted molar refractivity (Wildman–Crippen MR) is 81.5 cm³/mol. The molecule has 4 rings (SSSR count). The van der Waals surface area contributed by atoms with Gasteiger partial charge in [0.1, 0.15) is 0 Å². The fraction of sp³-hybridized carbons (Fsp3) is 0.438. The van der Waals surface area contributed by atoms with Crippen molar-refractivity contribution in [2.45, 2.75) is 38.8 Å². The Morgan fingerprint density at radius 3 is 3.00 bits per heavy atom. The van der Waals surface area contributed by atoms with Crippen molar-refractivity contribution in [3.05, 3.63) is 34.0 Å². The first-order valence-electron chi connectivity index (χ1n) is 7.18. The highest BCUT2D eigenvalue weighted by Crippen LogP contribution is 2.38. The Hall–Kier alpha value is -1.32. The number of ether oxygens (including phenoxy) is 1. The number of fused-ring (bicyclic) bond motifs is 2. The molecular formula is C16H17ClN2O. The van der Waals surface area contributed by atoms with Gasteiger partial charge in [-0.05, 0) is 37.5 Å². The van der Waals surface area contributed by atoms with Crippen LogP contribution in [0, 0.1) is 6.92 Å². The molecule has 1 aromatic heterocycles. The fourth-order valence-electron chi connectivity index (χ4n) is 2.85. The van der Waals surface area contributed by atoms with Crippen LogP contribution in [0.3, 0.4) is 0 Å². The van der Waals surface area contributed by atoms with Crippen LogP contribution in [0.2, 0.25) is 5.02 Å². The Labute approximate surface area is 123 Å². The molecule has 4 heteroatoms. The van der Waals surface area contributed by atoms with Crippen molar-refractivity contribution in [2.75, 3.05) is 11.9 Å². The molecule has 1 aliphatic carbocycles. The van der Waals surface area contributed by atoms with E-state index in [4.69, 9.17) is 21.3 Å². The second-order valence-electron chi connectivity index (χ2n) is 5.78. The van der Waals surface area contributed by atoms with Gasteiger partial charge in [-0.3, -0.25) is 4.98 Å². The van der Waals surface area contributed by atoms with E-state index in [9.17, 15) is 0 Å². The number of aryl methyl sites for hydroxylation is 1. The van der Waals surface area contributed by atoms with Gasteiger partial charge >= 0.3 is 0 Å². The molecule has 1 aliphatic heterocycles. The minimum atomic E-state index is 0.603. The van der Waals surface area contributed by atoms with Crippen molar-refractivity contribution in [1.82, 2.24) is 4.98 Å². The van der Waals surface area contributed by atoms with Gasteiger partial charge < -0.3 is 10.1 Å². The number of pyridine rings is 1. The second-order valence-corrected chi connectivity index (χ2v) is 6.18. The molecule has 0 atom stereocenters. The number of hydrogen-bond donors (Lipinski definition) is 1. The number of rotatable bonds is 2. The lowest BCUT2D eigenvalue weighted by molar-refractivity contribution is 0.110. The number of halogens is 1. The van der Waals surface area contributed by atoms with E-state index in [2.05, 4.69) is 18.3 Å². The maximum atomic E-state index is 6.41. The van der Waals surface area contributed by atoms with E-state index in [1.807, 2.05) is 6.07 Å². The van der Waals surface area contributed by atoms with Crippen LogP contribution in [-0.2, 0) is 17.8 Å². The average Bonchev–Trinajstić information content (AvgIpc) is 3.24. The molecule has 0 amide bonds. The molecule has 1 saturated carbocycles. The number of anilines is 1. The summed E-state index contributed by atoms with van der Waals surface area (Å²) < 4.78 is 5.63. The molecule has 104 valence electrons. The van der Waals surface area contributed by atoms with Gasteiger partial charge in [0.2, 0.25) is 0 Å². The van der Waals surface area contributed by atoms with E-state index in [1.54, 1.807) is 0 Å². The zero-order valence-electron chi connectivity index (χ0n) is 11.5. The number of hydrogen-bond acceptors (Lipinski definition) is 3. The highest BCUT2D eigenvalue weighted by atomic mass is 35.5. The van der Waals surface area contributed by atoms with Gasteiger partial charge in [-0.1, -0.05) is 11.6 Å². The van der Waals surface area contributed by atoms with Crippen LogP contribution >= 0.6 is 11.6 Å². The molecule has 2 aromatic rings. The smallest absolute Gasteiger partial charge is 0.0912 e. The van der Waals surface area contributed by atoms with Crippen LogP contribution in [0.1, 0.15) is 29.7 Å². The first-order chi connectivity index (χ1) is 9.72. The number of nitrogens with one attached hydrogen (secondary N) is 1. The Morgan fingerprint density at radius 1 is 1.35 bits per heavy atom. The summed E-state index contributed by atoms with van der Waals surface area (Å²) in [5.74, 6) is 0. The van der Waals surface area contributed by atoms with Gasteiger partial charge in [0, 0.05) is 23.4 Å². The first-order valence-corrected chi connectivity index (χ1v) is 7.56. The quantitative estimate of drug-likeness (QED) is 0.911. The minimum absolute atomic E-state index is 0.603. The van der Waals surface area contributed by atoms with Gasteiger partial charge in [-0.15, -0.1) is 0 Å². The molecule has 2 heterocycles. The molecule has 20 heavy (non-hydrogen) atoms. The van der Waals surface area contributed by atoms with Crippen LogP contribution < -0.4 is 5.32 Å². The van der Waals surface area contributed by atoms with Crippen molar-refractivity contribution in [1.29, 1.82) is 0 Å². The van der Waals surface area contributed by atoms with Crippen LogP contribution in [-0.4, -0.2) is 17.6 Å². The zero-order valence-corrected chi connectivity index (χ0v) is 12.3. The van der Waals surface area contributed by atoms with Crippen molar-refractivity contribution < 1.29 is 4.74 Å². The normalized spacial score (nSPS) is 18.1. The Kier molecular flexibility index (Phi) is 2.86. The predicted octanol–water partition coefficient (Wildman–Crippen LogP) is 3.84. The lowest BCUT2D eigenvalue weighted by Gasteiger charge is -2.22. The van der Waals surface area contributed by atoms with Gasteiger partial charge in [0.15, 0.2) is 0 Å². The minimum Gasteiger partial charge on any atom is -0.381 e. The largest absolute Gasteiger partial charge is 0.381 e. The van der Waals surface area contributed by atoms with E-state index in [-0.39, 0.29) is 0 Å². The first kappa shape index (κ1) is 12.4. The summed E-state index contributed by atoms with van der Waals surface area (Å²) in [6.45, 7) is 3.47. The van der Waals surface area contributed by atoms with Crippen molar-refractivity contribution >= 4 is 28.2 Å². The molecule has 0 unspecified atom stereocenters. The van der Waals surface area contributed by atoms with E-state index in [0.717, 1.165) is 34.6 Å². The summed E-state index contributed by atoms with van der Waals surface area (Å²) in [5, 5.41) is 5.54. The van der Waals surface area contributed by atoms with Crippen LogP contribution in [0.4, 0.5) is 5.69 Å². The molecule has 0 saturated heterocycles. The summed E-state index contributed by atoms with van der Waals surface area (Å²) in [4.78, 5) is 4.79. The fourth-order valence-corrected chi connectivity index (χ4v) is 3.17. The van der Waals surface area contributed by atoms with Gasteiger partial charge in [0.05, 0.1) is 35.1 Å². The van der Waals surface area contributed by atoms with Crippen molar-refractivity contribution in [2.24, 2.45) is 0 Å². The van der Waals surface area contributed by atoms with Gasteiger partial charge in [-0.2, -0.15) is 0 Å². The summed E-state index contributed by atoms with van der Waals surface area (Å²) in [6.07, 6.45) is 3.37. The Morgan fingerprint density at radius 2 is 2.20 bits per heavy atom. The lowest BCUT2D eigenvalue weighted by Crippen LogP contribution is -2.16. The molecule has 1 aromatic carbocycles. The van der Waals surface area contributed by atoms with Gasteiger partial charge in [0.25, 0.3) is 0 Å². The third-order valence-electron chi connectivity index (χ3n) is 4.03. The summed E-state index contributed by atoms with van der Waals surface area (Å²) >= 11 is 6.41. The van der Waals surface area contributed by atoms with Crippen molar-refractivity contribution in [3.63, 3.8) is 0 Å². The maximum absolute atomic E-state index is 6.41. The molecule has 2 aliphatic rings. The highest BCUT2D eigenvalue weighted by molar-refractivity contribution is 6.35.